The highest BCUT2D eigenvalue weighted by atomic mass is 16.4. The van der Waals surface area contributed by atoms with Gasteiger partial charge >= 0.3 is 12.0 Å². The number of nitrogens with one attached hydrogen (secondary N) is 2. The Balaban J connectivity index is 2.34. The highest BCUT2D eigenvalue weighted by Crippen LogP contribution is 2.27. The fourth-order valence-corrected chi connectivity index (χ4v) is 2.89. The molecule has 1 aliphatic rings. The summed E-state index contributed by atoms with van der Waals surface area (Å²) >= 11 is 0. The standard InChI is InChI=1S/C15H28N2O3/c1-4-5-11-6-8-12(9-7-11)16-15(20)17-13(10(2)3)14(18)19/h10-13H,4-9H2,1-3H3,(H,18,19)(H2,16,17,20)/t11?,12?,13-/m1/s1. The van der Waals surface area contributed by atoms with Gasteiger partial charge in [-0.25, -0.2) is 9.59 Å². The van der Waals surface area contributed by atoms with E-state index in [1.54, 1.807) is 13.8 Å². The van der Waals surface area contributed by atoms with Gasteiger partial charge in [-0.15, -0.1) is 0 Å². The number of carboxylic acids is 1. The molecule has 0 spiro atoms. The minimum absolute atomic E-state index is 0.126. The first kappa shape index (κ1) is 16.8. The van der Waals surface area contributed by atoms with Crippen molar-refractivity contribution in [2.75, 3.05) is 0 Å². The molecule has 1 saturated carbocycles. The summed E-state index contributed by atoms with van der Waals surface area (Å²) in [6.45, 7) is 5.78. The minimum atomic E-state index is -0.984. The van der Waals surface area contributed by atoms with E-state index in [4.69, 9.17) is 5.11 Å². The zero-order chi connectivity index (χ0) is 15.1. The van der Waals surface area contributed by atoms with Crippen LogP contribution in [0.2, 0.25) is 0 Å². The molecule has 0 aliphatic heterocycles. The lowest BCUT2D eigenvalue weighted by molar-refractivity contribution is -0.140. The van der Waals surface area contributed by atoms with Crippen LogP contribution in [0, 0.1) is 11.8 Å². The monoisotopic (exact) mass is 284 g/mol. The molecule has 116 valence electrons. The third-order valence-corrected chi connectivity index (χ3v) is 4.10. The lowest BCUT2D eigenvalue weighted by atomic mass is 9.83. The van der Waals surface area contributed by atoms with Crippen molar-refractivity contribution in [3.05, 3.63) is 0 Å². The molecule has 2 amide bonds. The van der Waals surface area contributed by atoms with Gasteiger partial charge in [0.05, 0.1) is 0 Å². The summed E-state index contributed by atoms with van der Waals surface area (Å²) < 4.78 is 0. The number of aliphatic carboxylic acids is 1. The Morgan fingerprint density at radius 3 is 2.25 bits per heavy atom. The molecule has 5 nitrogen and oxygen atoms in total. The van der Waals surface area contributed by atoms with Crippen molar-refractivity contribution in [1.82, 2.24) is 10.6 Å². The normalized spacial score (nSPS) is 24.2. The van der Waals surface area contributed by atoms with Crippen molar-refractivity contribution < 1.29 is 14.7 Å². The van der Waals surface area contributed by atoms with Crippen LogP contribution in [0.3, 0.4) is 0 Å². The summed E-state index contributed by atoms with van der Waals surface area (Å²) in [5, 5.41) is 14.5. The zero-order valence-corrected chi connectivity index (χ0v) is 12.8. The predicted molar refractivity (Wildman–Crippen MR) is 78.6 cm³/mol. The first-order chi connectivity index (χ1) is 9.43. The van der Waals surface area contributed by atoms with E-state index in [1.807, 2.05) is 0 Å². The van der Waals surface area contributed by atoms with Crippen molar-refractivity contribution in [1.29, 1.82) is 0 Å². The Kier molecular flexibility index (Phi) is 6.82. The molecule has 0 bridgehead atoms. The summed E-state index contributed by atoms with van der Waals surface area (Å²) in [7, 11) is 0. The molecule has 0 aromatic carbocycles. The molecule has 0 saturated heterocycles. The van der Waals surface area contributed by atoms with Crippen molar-refractivity contribution >= 4 is 12.0 Å². The SMILES string of the molecule is CCCC1CCC(NC(=O)N[C@@H](C(=O)O)C(C)C)CC1. The predicted octanol–water partition coefficient (Wildman–Crippen LogP) is 2.75. The van der Waals surface area contributed by atoms with E-state index >= 15 is 0 Å². The average Bonchev–Trinajstić information content (AvgIpc) is 2.38. The number of hydrogen-bond donors (Lipinski definition) is 3. The fourth-order valence-electron chi connectivity index (χ4n) is 2.89. The molecule has 1 aliphatic carbocycles. The number of rotatable bonds is 6. The topological polar surface area (TPSA) is 78.4 Å². The van der Waals surface area contributed by atoms with Crippen LogP contribution in [0.15, 0.2) is 0 Å². The van der Waals surface area contributed by atoms with E-state index < -0.39 is 12.0 Å². The van der Waals surface area contributed by atoms with Crippen LogP contribution < -0.4 is 10.6 Å². The Morgan fingerprint density at radius 2 is 1.80 bits per heavy atom. The molecule has 0 radical (unpaired) electrons. The van der Waals surface area contributed by atoms with Crippen LogP contribution in [0.1, 0.15) is 59.3 Å². The largest absolute Gasteiger partial charge is 0.480 e. The van der Waals surface area contributed by atoms with Gasteiger partial charge in [-0.3, -0.25) is 0 Å². The van der Waals surface area contributed by atoms with Crippen LogP contribution in [0.5, 0.6) is 0 Å². The summed E-state index contributed by atoms with van der Waals surface area (Å²) in [5.41, 5.74) is 0. The molecule has 0 aromatic rings. The summed E-state index contributed by atoms with van der Waals surface area (Å²) in [5.74, 6) is -0.316. The van der Waals surface area contributed by atoms with Gasteiger partial charge in [-0.1, -0.05) is 33.6 Å². The van der Waals surface area contributed by atoms with Crippen molar-refractivity contribution in [2.45, 2.75) is 71.4 Å². The maximum Gasteiger partial charge on any atom is 0.326 e. The second-order valence-electron chi connectivity index (χ2n) is 6.18. The average molecular weight is 284 g/mol. The Labute approximate surface area is 121 Å². The van der Waals surface area contributed by atoms with Gasteiger partial charge in [0.25, 0.3) is 0 Å². The van der Waals surface area contributed by atoms with E-state index in [2.05, 4.69) is 17.6 Å². The number of urea groups is 1. The fraction of sp³-hybridized carbons (Fsp3) is 0.867. The molecule has 0 aromatic heterocycles. The Hall–Kier alpha value is -1.26. The second kappa shape index (κ2) is 8.12. The zero-order valence-electron chi connectivity index (χ0n) is 12.8. The van der Waals surface area contributed by atoms with Gasteiger partial charge in [0.1, 0.15) is 6.04 Å². The molecule has 1 fully saturated rings. The molecule has 1 rings (SSSR count). The van der Waals surface area contributed by atoms with Crippen LogP contribution >= 0.6 is 0 Å². The molecule has 20 heavy (non-hydrogen) atoms. The van der Waals surface area contributed by atoms with Crippen molar-refractivity contribution in [3.8, 4) is 0 Å². The van der Waals surface area contributed by atoms with Crippen LogP contribution in [-0.2, 0) is 4.79 Å². The number of carboxylic acid groups (broad SMARTS) is 1. The Morgan fingerprint density at radius 1 is 1.20 bits per heavy atom. The molecule has 0 unspecified atom stereocenters. The van der Waals surface area contributed by atoms with E-state index in [0.29, 0.717) is 0 Å². The van der Waals surface area contributed by atoms with Gasteiger partial charge in [0.15, 0.2) is 0 Å². The van der Waals surface area contributed by atoms with E-state index in [0.717, 1.165) is 31.6 Å². The molecule has 5 heteroatoms. The van der Waals surface area contributed by atoms with Crippen LogP contribution in [0.25, 0.3) is 0 Å². The quantitative estimate of drug-likeness (QED) is 0.701. The summed E-state index contributed by atoms with van der Waals surface area (Å²) in [6.07, 6.45) is 6.80. The van der Waals surface area contributed by atoms with Crippen LogP contribution in [-0.4, -0.2) is 29.2 Å². The van der Waals surface area contributed by atoms with Crippen LogP contribution in [0.4, 0.5) is 4.79 Å². The summed E-state index contributed by atoms with van der Waals surface area (Å²) in [6, 6.07) is -0.999. The number of carbonyl (C=O) groups is 2. The van der Waals surface area contributed by atoms with E-state index in [1.165, 1.54) is 12.8 Å². The van der Waals surface area contributed by atoms with E-state index in [9.17, 15) is 9.59 Å². The smallest absolute Gasteiger partial charge is 0.326 e. The number of amides is 2. The van der Waals surface area contributed by atoms with Gasteiger partial charge in [0.2, 0.25) is 0 Å². The third kappa shape index (κ3) is 5.39. The Bertz CT molecular complexity index is 323. The van der Waals surface area contributed by atoms with Crippen molar-refractivity contribution in [2.24, 2.45) is 11.8 Å². The maximum atomic E-state index is 11.9. The number of carbonyl (C=O) groups excluding carboxylic acids is 1. The first-order valence-electron chi connectivity index (χ1n) is 7.73. The second-order valence-corrected chi connectivity index (χ2v) is 6.18. The molecular weight excluding hydrogens is 256 g/mol. The van der Waals surface area contributed by atoms with Gasteiger partial charge < -0.3 is 15.7 Å². The van der Waals surface area contributed by atoms with Gasteiger partial charge in [-0.05, 0) is 37.5 Å². The summed E-state index contributed by atoms with van der Waals surface area (Å²) in [4.78, 5) is 22.9. The lowest BCUT2D eigenvalue weighted by Crippen LogP contribution is -2.51. The third-order valence-electron chi connectivity index (χ3n) is 4.10. The molecule has 1 atom stereocenters. The maximum absolute atomic E-state index is 11.9. The van der Waals surface area contributed by atoms with Gasteiger partial charge in [-0.2, -0.15) is 0 Å². The lowest BCUT2D eigenvalue weighted by Gasteiger charge is -2.29. The molecule has 3 N–H and O–H groups in total. The number of hydrogen-bond acceptors (Lipinski definition) is 2. The first-order valence-corrected chi connectivity index (χ1v) is 7.73. The molecular formula is C15H28N2O3. The highest BCUT2D eigenvalue weighted by Gasteiger charge is 2.26. The van der Waals surface area contributed by atoms with E-state index in [-0.39, 0.29) is 18.0 Å². The van der Waals surface area contributed by atoms with Gasteiger partial charge in [0, 0.05) is 6.04 Å². The highest BCUT2D eigenvalue weighted by molar-refractivity contribution is 5.82. The minimum Gasteiger partial charge on any atom is -0.480 e. The molecule has 0 heterocycles. The van der Waals surface area contributed by atoms with Crippen molar-refractivity contribution in [3.63, 3.8) is 0 Å².